The van der Waals surface area contributed by atoms with Gasteiger partial charge in [-0.1, -0.05) is 36.4 Å². The van der Waals surface area contributed by atoms with Crippen LogP contribution < -0.4 is 10.1 Å². The number of ether oxygens (including phenoxy) is 2. The minimum Gasteiger partial charge on any atom is -0.493 e. The van der Waals surface area contributed by atoms with E-state index in [1.54, 1.807) is 11.3 Å². The summed E-state index contributed by atoms with van der Waals surface area (Å²) in [5.74, 6) is 0.795. The predicted octanol–water partition coefficient (Wildman–Crippen LogP) is 5.30. The third-order valence-corrected chi connectivity index (χ3v) is 6.39. The molecule has 168 valence electrons. The summed E-state index contributed by atoms with van der Waals surface area (Å²) >= 11 is 1.65. The minimum absolute atomic E-state index is 0.150. The monoisotopic (exact) mass is 450 g/mol. The number of esters is 1. The van der Waals surface area contributed by atoms with E-state index in [1.165, 1.54) is 11.1 Å². The second-order valence-electron chi connectivity index (χ2n) is 9.24. The van der Waals surface area contributed by atoms with E-state index in [2.05, 4.69) is 46.7 Å². The maximum atomic E-state index is 12.2. The molecule has 0 bridgehead atoms. The van der Waals surface area contributed by atoms with E-state index >= 15 is 0 Å². The Balaban J connectivity index is 1.29. The van der Waals surface area contributed by atoms with Gasteiger partial charge >= 0.3 is 5.97 Å². The van der Waals surface area contributed by atoms with Crippen LogP contribution in [0.2, 0.25) is 0 Å². The molecule has 0 aliphatic carbocycles. The summed E-state index contributed by atoms with van der Waals surface area (Å²) in [6, 6.07) is 16.8. The Hall–Kier alpha value is -2.70. The lowest BCUT2D eigenvalue weighted by Gasteiger charge is -2.24. The number of nitrogens with zero attached hydrogens (tertiary/aromatic N) is 1. The van der Waals surface area contributed by atoms with Crippen molar-refractivity contribution in [2.24, 2.45) is 11.3 Å². The predicted molar refractivity (Wildman–Crippen MR) is 128 cm³/mol. The number of aromatic nitrogens is 1. The van der Waals surface area contributed by atoms with E-state index in [0.29, 0.717) is 6.61 Å². The lowest BCUT2D eigenvalue weighted by molar-refractivity contribution is -0.162. The van der Waals surface area contributed by atoms with Crippen molar-refractivity contribution >= 4 is 17.3 Å². The van der Waals surface area contributed by atoms with Gasteiger partial charge in [-0.2, -0.15) is 0 Å². The fourth-order valence-electron chi connectivity index (χ4n) is 3.60. The largest absolute Gasteiger partial charge is 0.493 e. The minimum atomic E-state index is -0.507. The first-order valence-corrected chi connectivity index (χ1v) is 11.9. The molecule has 2 atom stereocenters. The van der Waals surface area contributed by atoms with Gasteiger partial charge in [-0.05, 0) is 63.4 Å². The Morgan fingerprint density at radius 3 is 2.41 bits per heavy atom. The summed E-state index contributed by atoms with van der Waals surface area (Å²) < 4.78 is 11.7. The first-order valence-electron chi connectivity index (χ1n) is 11.0. The Kier molecular flexibility index (Phi) is 6.92. The highest BCUT2D eigenvalue weighted by Gasteiger charge is 2.34. The van der Waals surface area contributed by atoms with E-state index < -0.39 is 5.41 Å². The standard InChI is InChI=1S/C26H30N2O3S/c1-26(2,3)25(29)31-23-21(12-13-27-23)17-30-22-10-6-19(7-11-22)16-18-4-8-20(9-5-18)24-28-14-15-32-24/h4-11,14-15,21,23,27H,12-13,16-17H2,1-3H3/t21-,23?/m0/s1. The molecule has 6 heteroatoms. The van der Waals surface area contributed by atoms with E-state index in [0.717, 1.165) is 35.7 Å². The third-order valence-electron chi connectivity index (χ3n) is 5.56. The van der Waals surface area contributed by atoms with Crippen molar-refractivity contribution in [1.29, 1.82) is 0 Å². The van der Waals surface area contributed by atoms with Crippen molar-refractivity contribution in [2.45, 2.75) is 39.8 Å². The number of thiazole rings is 1. The number of benzene rings is 2. The fraction of sp³-hybridized carbons (Fsp3) is 0.385. The molecule has 1 aliphatic heterocycles. The molecule has 1 aliphatic rings. The molecule has 1 N–H and O–H groups in total. The molecule has 1 unspecified atom stereocenters. The fourth-order valence-corrected chi connectivity index (χ4v) is 4.25. The summed E-state index contributed by atoms with van der Waals surface area (Å²) in [6.45, 7) is 6.95. The highest BCUT2D eigenvalue weighted by Crippen LogP contribution is 2.25. The number of nitrogens with one attached hydrogen (secondary N) is 1. The first-order chi connectivity index (χ1) is 15.4. The SMILES string of the molecule is CC(C)(C)C(=O)OC1NCC[C@H]1COc1ccc(Cc2ccc(-c3nccs3)cc2)cc1. The Bertz CT molecular complexity index is 1010. The molecule has 0 amide bonds. The van der Waals surface area contributed by atoms with Crippen LogP contribution in [0.3, 0.4) is 0 Å². The zero-order chi connectivity index (χ0) is 22.6. The number of rotatable bonds is 7. The molecule has 2 heterocycles. The molecule has 0 radical (unpaired) electrons. The van der Waals surface area contributed by atoms with Gasteiger partial charge in [0.1, 0.15) is 10.8 Å². The molecular weight excluding hydrogens is 420 g/mol. The zero-order valence-electron chi connectivity index (χ0n) is 18.8. The highest BCUT2D eigenvalue weighted by atomic mass is 32.1. The van der Waals surface area contributed by atoms with Gasteiger partial charge in [0, 0.05) is 23.1 Å². The van der Waals surface area contributed by atoms with E-state index in [4.69, 9.17) is 9.47 Å². The van der Waals surface area contributed by atoms with Crippen LogP contribution in [0.25, 0.3) is 10.6 Å². The van der Waals surface area contributed by atoms with Crippen LogP contribution in [0.4, 0.5) is 0 Å². The average Bonchev–Trinajstić information content (AvgIpc) is 3.46. The van der Waals surface area contributed by atoms with Gasteiger partial charge in [0.25, 0.3) is 0 Å². The molecule has 1 fully saturated rings. The van der Waals surface area contributed by atoms with Gasteiger partial charge in [0.05, 0.1) is 12.0 Å². The summed E-state index contributed by atoms with van der Waals surface area (Å²) in [5.41, 5.74) is 3.14. The zero-order valence-corrected chi connectivity index (χ0v) is 19.7. The average molecular weight is 451 g/mol. The molecule has 5 nitrogen and oxygen atoms in total. The quantitative estimate of drug-likeness (QED) is 0.495. The van der Waals surface area contributed by atoms with Crippen LogP contribution in [0.5, 0.6) is 5.75 Å². The van der Waals surface area contributed by atoms with Gasteiger partial charge in [-0.15, -0.1) is 11.3 Å². The van der Waals surface area contributed by atoms with Crippen LogP contribution in [0, 0.1) is 11.3 Å². The number of carbonyl (C=O) groups is 1. The normalized spacial score (nSPS) is 18.5. The smallest absolute Gasteiger partial charge is 0.312 e. The topological polar surface area (TPSA) is 60.5 Å². The van der Waals surface area contributed by atoms with Crippen LogP contribution >= 0.6 is 11.3 Å². The van der Waals surface area contributed by atoms with Crippen LogP contribution in [-0.4, -0.2) is 30.3 Å². The Morgan fingerprint density at radius 2 is 1.78 bits per heavy atom. The number of hydrogen-bond donors (Lipinski definition) is 1. The third kappa shape index (κ3) is 5.75. The molecule has 0 saturated carbocycles. The van der Waals surface area contributed by atoms with Gasteiger partial charge in [-0.3, -0.25) is 10.1 Å². The van der Waals surface area contributed by atoms with Crippen molar-refractivity contribution in [1.82, 2.24) is 10.3 Å². The molecule has 1 saturated heterocycles. The maximum Gasteiger partial charge on any atom is 0.312 e. The summed E-state index contributed by atoms with van der Waals surface area (Å²) in [7, 11) is 0. The second kappa shape index (κ2) is 9.84. The Labute approximate surface area is 193 Å². The maximum absolute atomic E-state index is 12.2. The van der Waals surface area contributed by atoms with E-state index in [9.17, 15) is 4.79 Å². The lowest BCUT2D eigenvalue weighted by Crippen LogP contribution is -2.38. The summed E-state index contributed by atoms with van der Waals surface area (Å²) in [4.78, 5) is 16.6. The number of hydrogen-bond acceptors (Lipinski definition) is 6. The highest BCUT2D eigenvalue weighted by molar-refractivity contribution is 7.13. The van der Waals surface area contributed by atoms with Crippen molar-refractivity contribution in [3.05, 3.63) is 71.2 Å². The molecule has 1 aromatic heterocycles. The van der Waals surface area contributed by atoms with Gasteiger partial charge in [-0.25, -0.2) is 4.98 Å². The molecular formula is C26H30N2O3S. The van der Waals surface area contributed by atoms with Crippen molar-refractivity contribution < 1.29 is 14.3 Å². The Morgan fingerprint density at radius 1 is 1.09 bits per heavy atom. The van der Waals surface area contributed by atoms with Gasteiger partial charge < -0.3 is 9.47 Å². The van der Waals surface area contributed by atoms with E-state index in [1.807, 2.05) is 44.5 Å². The molecule has 0 spiro atoms. The molecule has 32 heavy (non-hydrogen) atoms. The summed E-state index contributed by atoms with van der Waals surface area (Å²) in [6.07, 6.45) is 3.35. The van der Waals surface area contributed by atoms with Crippen LogP contribution in [0.1, 0.15) is 38.3 Å². The van der Waals surface area contributed by atoms with E-state index in [-0.39, 0.29) is 18.1 Å². The van der Waals surface area contributed by atoms with Gasteiger partial charge in [0.15, 0.2) is 6.23 Å². The second-order valence-corrected chi connectivity index (χ2v) is 10.1. The first kappa shape index (κ1) is 22.5. The number of carbonyl (C=O) groups excluding carboxylic acids is 1. The van der Waals surface area contributed by atoms with Crippen molar-refractivity contribution in [2.75, 3.05) is 13.2 Å². The van der Waals surface area contributed by atoms with Crippen LogP contribution in [-0.2, 0) is 16.0 Å². The van der Waals surface area contributed by atoms with Gasteiger partial charge in [0.2, 0.25) is 0 Å². The van der Waals surface area contributed by atoms with Crippen LogP contribution in [0.15, 0.2) is 60.1 Å². The molecule has 2 aromatic carbocycles. The lowest BCUT2D eigenvalue weighted by atomic mass is 9.97. The molecule has 4 rings (SSSR count). The molecule has 3 aromatic rings. The summed E-state index contributed by atoms with van der Waals surface area (Å²) in [5, 5.41) is 6.31. The van der Waals surface area contributed by atoms with Crippen molar-refractivity contribution in [3.63, 3.8) is 0 Å². The van der Waals surface area contributed by atoms with Crippen molar-refractivity contribution in [3.8, 4) is 16.3 Å².